The Hall–Kier alpha value is -1.61. The van der Waals surface area contributed by atoms with Gasteiger partial charge in [-0.2, -0.15) is 5.10 Å². The van der Waals surface area contributed by atoms with Crippen molar-refractivity contribution in [2.24, 2.45) is 0 Å². The van der Waals surface area contributed by atoms with Gasteiger partial charge in [0.25, 0.3) is 0 Å². The number of benzene rings is 1. The van der Waals surface area contributed by atoms with Crippen molar-refractivity contribution in [3.05, 3.63) is 41.1 Å². The zero-order chi connectivity index (χ0) is 14.2. The molecule has 2 aromatic rings. The Kier molecular flexibility index (Phi) is 3.50. The highest BCUT2D eigenvalue weighted by atomic mass is 16.3. The van der Waals surface area contributed by atoms with E-state index in [0.29, 0.717) is 0 Å². The fourth-order valence-corrected chi connectivity index (χ4v) is 2.00. The summed E-state index contributed by atoms with van der Waals surface area (Å²) >= 11 is 0. The Labute approximate surface area is 114 Å². The predicted octanol–water partition coefficient (Wildman–Crippen LogP) is 3.41. The molecule has 0 saturated carbocycles. The van der Waals surface area contributed by atoms with Crippen molar-refractivity contribution in [1.29, 1.82) is 0 Å². The first kappa shape index (κ1) is 13.8. The van der Waals surface area contributed by atoms with Crippen molar-refractivity contribution in [2.75, 3.05) is 0 Å². The highest BCUT2D eigenvalue weighted by Crippen LogP contribution is 2.26. The summed E-state index contributed by atoms with van der Waals surface area (Å²) in [6.07, 6.45) is 1.94. The third-order valence-electron chi connectivity index (χ3n) is 3.43. The highest BCUT2D eigenvalue weighted by molar-refractivity contribution is 5.64. The van der Waals surface area contributed by atoms with E-state index in [1.165, 1.54) is 11.1 Å². The topological polar surface area (TPSA) is 38.0 Å². The van der Waals surface area contributed by atoms with Gasteiger partial charge < -0.3 is 5.11 Å². The van der Waals surface area contributed by atoms with E-state index in [4.69, 9.17) is 0 Å². The molecule has 3 heteroatoms. The highest BCUT2D eigenvalue weighted by Gasteiger charge is 2.18. The number of hydrogen-bond donors (Lipinski definition) is 1. The lowest BCUT2D eigenvalue weighted by Crippen LogP contribution is -2.22. The first-order valence-electron chi connectivity index (χ1n) is 6.60. The van der Waals surface area contributed by atoms with Crippen LogP contribution in [0.4, 0.5) is 0 Å². The maximum atomic E-state index is 9.53. The van der Waals surface area contributed by atoms with Gasteiger partial charge in [-0.15, -0.1) is 0 Å². The molecule has 2 rings (SSSR count). The molecular formula is C16H22N2O. The van der Waals surface area contributed by atoms with E-state index in [9.17, 15) is 5.11 Å². The van der Waals surface area contributed by atoms with Crippen LogP contribution >= 0.6 is 0 Å². The monoisotopic (exact) mass is 258 g/mol. The second-order valence-electron chi connectivity index (χ2n) is 6.08. The molecule has 1 heterocycles. The first-order chi connectivity index (χ1) is 8.82. The predicted molar refractivity (Wildman–Crippen MR) is 78.1 cm³/mol. The molecular weight excluding hydrogens is 236 g/mol. The van der Waals surface area contributed by atoms with Crippen LogP contribution in [0.15, 0.2) is 24.4 Å². The Morgan fingerprint density at radius 3 is 2.37 bits per heavy atom. The molecule has 0 saturated heterocycles. The van der Waals surface area contributed by atoms with Gasteiger partial charge in [0.05, 0.1) is 17.8 Å². The van der Waals surface area contributed by atoms with Crippen LogP contribution in [-0.4, -0.2) is 14.9 Å². The van der Waals surface area contributed by atoms with Crippen molar-refractivity contribution in [1.82, 2.24) is 9.78 Å². The van der Waals surface area contributed by atoms with Crippen LogP contribution < -0.4 is 0 Å². The summed E-state index contributed by atoms with van der Waals surface area (Å²) in [7, 11) is 0. The summed E-state index contributed by atoms with van der Waals surface area (Å²) in [5.41, 5.74) is 5.24. The second-order valence-corrected chi connectivity index (χ2v) is 6.08. The molecule has 0 atom stereocenters. The van der Waals surface area contributed by atoms with E-state index in [1.54, 1.807) is 0 Å². The zero-order valence-electron chi connectivity index (χ0n) is 12.4. The molecule has 0 spiro atoms. The Bertz CT molecular complexity index is 591. The van der Waals surface area contributed by atoms with Crippen molar-refractivity contribution in [2.45, 2.75) is 46.8 Å². The molecule has 0 unspecified atom stereocenters. The van der Waals surface area contributed by atoms with E-state index in [0.717, 1.165) is 16.8 Å². The second kappa shape index (κ2) is 4.82. The van der Waals surface area contributed by atoms with Crippen molar-refractivity contribution in [3.8, 4) is 11.3 Å². The number of aromatic nitrogens is 2. The minimum absolute atomic E-state index is 0.0122. The smallest absolute Gasteiger partial charge is 0.0978 e. The van der Waals surface area contributed by atoms with Gasteiger partial charge >= 0.3 is 0 Å². The SMILES string of the molecule is Cc1ccc(-c2nn(C(C)(C)C)cc2CO)cc1C. The fourth-order valence-electron chi connectivity index (χ4n) is 2.00. The van der Waals surface area contributed by atoms with Crippen LogP contribution in [0, 0.1) is 13.8 Å². The van der Waals surface area contributed by atoms with Gasteiger partial charge in [-0.3, -0.25) is 4.68 Å². The van der Waals surface area contributed by atoms with Gasteiger partial charge in [0, 0.05) is 17.3 Å². The molecule has 1 N–H and O–H groups in total. The summed E-state index contributed by atoms with van der Waals surface area (Å²) in [6.45, 7) is 10.5. The number of hydrogen-bond acceptors (Lipinski definition) is 2. The van der Waals surface area contributed by atoms with E-state index in [2.05, 4.69) is 57.9 Å². The minimum Gasteiger partial charge on any atom is -0.392 e. The molecule has 0 aliphatic carbocycles. The van der Waals surface area contributed by atoms with Crippen LogP contribution in [-0.2, 0) is 12.1 Å². The normalized spacial score (nSPS) is 11.9. The molecule has 1 aromatic carbocycles. The number of rotatable bonds is 2. The lowest BCUT2D eigenvalue weighted by Gasteiger charge is -2.18. The summed E-state index contributed by atoms with van der Waals surface area (Å²) in [5.74, 6) is 0. The molecule has 0 fully saturated rings. The van der Waals surface area contributed by atoms with E-state index < -0.39 is 0 Å². The lowest BCUT2D eigenvalue weighted by molar-refractivity contribution is 0.281. The van der Waals surface area contributed by atoms with Gasteiger partial charge in [0.1, 0.15) is 0 Å². The lowest BCUT2D eigenvalue weighted by atomic mass is 10.0. The van der Waals surface area contributed by atoms with Crippen LogP contribution in [0.5, 0.6) is 0 Å². The summed E-state index contributed by atoms with van der Waals surface area (Å²) in [5, 5.41) is 14.2. The third-order valence-corrected chi connectivity index (χ3v) is 3.43. The molecule has 0 radical (unpaired) electrons. The largest absolute Gasteiger partial charge is 0.392 e. The molecule has 0 bridgehead atoms. The number of aliphatic hydroxyl groups is 1. The van der Waals surface area contributed by atoms with Crippen LogP contribution in [0.2, 0.25) is 0 Å². The molecule has 0 aliphatic rings. The van der Waals surface area contributed by atoms with Crippen LogP contribution in [0.1, 0.15) is 37.5 Å². The summed E-state index contributed by atoms with van der Waals surface area (Å²) < 4.78 is 1.92. The van der Waals surface area contributed by atoms with Gasteiger partial charge in [-0.1, -0.05) is 12.1 Å². The van der Waals surface area contributed by atoms with Crippen molar-refractivity contribution >= 4 is 0 Å². The Morgan fingerprint density at radius 2 is 1.84 bits per heavy atom. The quantitative estimate of drug-likeness (QED) is 0.896. The van der Waals surface area contributed by atoms with E-state index in [-0.39, 0.29) is 12.1 Å². The molecule has 19 heavy (non-hydrogen) atoms. The average Bonchev–Trinajstić information content (AvgIpc) is 2.76. The number of aliphatic hydroxyl groups excluding tert-OH is 1. The third kappa shape index (κ3) is 2.71. The van der Waals surface area contributed by atoms with E-state index in [1.807, 2.05) is 10.9 Å². The number of nitrogens with zero attached hydrogens (tertiary/aromatic N) is 2. The molecule has 0 aliphatic heterocycles. The average molecular weight is 258 g/mol. The summed E-state index contributed by atoms with van der Waals surface area (Å²) in [4.78, 5) is 0. The molecule has 1 aromatic heterocycles. The van der Waals surface area contributed by atoms with Crippen molar-refractivity contribution in [3.63, 3.8) is 0 Å². The number of aryl methyl sites for hydroxylation is 2. The van der Waals surface area contributed by atoms with Gasteiger partial charge in [-0.25, -0.2) is 0 Å². The van der Waals surface area contributed by atoms with Gasteiger partial charge in [0.2, 0.25) is 0 Å². The standard InChI is InChI=1S/C16H22N2O/c1-11-6-7-13(8-12(11)2)15-14(10-19)9-18(17-15)16(3,4)5/h6-9,19H,10H2,1-5H3. The van der Waals surface area contributed by atoms with Crippen LogP contribution in [0.3, 0.4) is 0 Å². The van der Waals surface area contributed by atoms with E-state index >= 15 is 0 Å². The zero-order valence-corrected chi connectivity index (χ0v) is 12.4. The van der Waals surface area contributed by atoms with Crippen molar-refractivity contribution < 1.29 is 5.11 Å². The van der Waals surface area contributed by atoms with Gasteiger partial charge in [-0.05, 0) is 51.8 Å². The molecule has 0 amide bonds. The molecule has 3 nitrogen and oxygen atoms in total. The molecule has 102 valence electrons. The first-order valence-corrected chi connectivity index (χ1v) is 6.60. The minimum atomic E-state index is -0.0814. The summed E-state index contributed by atoms with van der Waals surface area (Å²) in [6, 6.07) is 6.29. The Morgan fingerprint density at radius 1 is 1.16 bits per heavy atom. The maximum absolute atomic E-state index is 9.53. The maximum Gasteiger partial charge on any atom is 0.0978 e. The van der Waals surface area contributed by atoms with Crippen LogP contribution in [0.25, 0.3) is 11.3 Å². The fraction of sp³-hybridized carbons (Fsp3) is 0.438. The van der Waals surface area contributed by atoms with Gasteiger partial charge in [0.15, 0.2) is 0 Å². The Balaban J connectivity index is 2.54.